The van der Waals surface area contributed by atoms with Gasteiger partial charge in [0.15, 0.2) is 0 Å². The molecular weight excluding hydrogens is 653 g/mol. The number of aryl methyl sites for hydroxylation is 2. The van der Waals surface area contributed by atoms with E-state index >= 15 is 0 Å². The first-order valence-electron chi connectivity index (χ1n) is 18.7. The van der Waals surface area contributed by atoms with E-state index in [1.165, 1.54) is 99.5 Å². The minimum absolute atomic E-state index is 1.18. The molecule has 0 unspecified atom stereocenters. The molecule has 0 atom stereocenters. The first kappa shape index (κ1) is 31.8. The van der Waals surface area contributed by atoms with Crippen molar-refractivity contribution < 1.29 is 0 Å². The summed E-state index contributed by atoms with van der Waals surface area (Å²) in [7, 11) is 0. The third-order valence-corrected chi connectivity index (χ3v) is 10.8. The Morgan fingerprint density at radius 2 is 0.648 bits per heavy atom. The van der Waals surface area contributed by atoms with Crippen LogP contribution in [0.3, 0.4) is 0 Å². The van der Waals surface area contributed by atoms with Crippen molar-refractivity contribution in [3.8, 4) is 33.6 Å². The number of hydrogen-bond donors (Lipinski definition) is 0. The Kier molecular flexibility index (Phi) is 7.63. The zero-order chi connectivity index (χ0) is 36.2. The van der Waals surface area contributed by atoms with Crippen LogP contribution in [-0.4, -0.2) is 9.13 Å². The summed E-state index contributed by atoms with van der Waals surface area (Å²) >= 11 is 0. The molecule has 10 rings (SSSR count). The van der Waals surface area contributed by atoms with Crippen molar-refractivity contribution >= 4 is 55.8 Å². The Balaban J connectivity index is 0.915. The molecular formula is C52H38N2. The lowest BCUT2D eigenvalue weighted by molar-refractivity contribution is 1.18. The second-order valence-corrected chi connectivity index (χ2v) is 14.4. The minimum atomic E-state index is 1.18. The molecule has 0 radical (unpaired) electrons. The lowest BCUT2D eigenvalue weighted by Crippen LogP contribution is -1.93. The molecule has 54 heavy (non-hydrogen) atoms. The third kappa shape index (κ3) is 5.52. The smallest absolute Gasteiger partial charge is 0.0541 e. The van der Waals surface area contributed by atoms with E-state index in [-0.39, 0.29) is 0 Å². The Labute approximate surface area is 315 Å². The molecule has 2 heteroatoms. The van der Waals surface area contributed by atoms with Gasteiger partial charge in [-0.3, -0.25) is 0 Å². The van der Waals surface area contributed by atoms with Crippen LogP contribution in [0, 0.1) is 13.8 Å². The van der Waals surface area contributed by atoms with E-state index in [1.54, 1.807) is 0 Å². The maximum absolute atomic E-state index is 2.37. The van der Waals surface area contributed by atoms with Gasteiger partial charge in [0.2, 0.25) is 0 Å². The maximum atomic E-state index is 2.37. The molecule has 256 valence electrons. The third-order valence-electron chi connectivity index (χ3n) is 10.8. The van der Waals surface area contributed by atoms with Crippen molar-refractivity contribution in [2.24, 2.45) is 0 Å². The molecule has 0 aliphatic rings. The average molecular weight is 691 g/mol. The molecule has 0 spiro atoms. The summed E-state index contributed by atoms with van der Waals surface area (Å²) in [5.41, 5.74) is 17.0. The second kappa shape index (κ2) is 12.9. The van der Waals surface area contributed by atoms with Crippen molar-refractivity contribution in [3.05, 3.63) is 204 Å². The monoisotopic (exact) mass is 690 g/mol. The highest BCUT2D eigenvalue weighted by Crippen LogP contribution is 2.37. The Bertz CT molecular complexity index is 2810. The molecule has 0 aliphatic heterocycles. The van der Waals surface area contributed by atoms with Crippen LogP contribution < -0.4 is 0 Å². The van der Waals surface area contributed by atoms with Crippen LogP contribution in [0.2, 0.25) is 0 Å². The Hall–Kier alpha value is -6.90. The van der Waals surface area contributed by atoms with Gasteiger partial charge < -0.3 is 9.13 Å². The lowest BCUT2D eigenvalue weighted by Gasteiger charge is -2.08. The van der Waals surface area contributed by atoms with E-state index in [4.69, 9.17) is 0 Å². The molecule has 0 amide bonds. The number of rotatable bonds is 6. The van der Waals surface area contributed by atoms with Crippen molar-refractivity contribution in [2.75, 3.05) is 0 Å². The van der Waals surface area contributed by atoms with E-state index in [9.17, 15) is 0 Å². The van der Waals surface area contributed by atoms with Crippen molar-refractivity contribution in [3.63, 3.8) is 0 Å². The topological polar surface area (TPSA) is 9.86 Å². The van der Waals surface area contributed by atoms with Gasteiger partial charge in [0.25, 0.3) is 0 Å². The van der Waals surface area contributed by atoms with E-state index in [2.05, 4.69) is 217 Å². The minimum Gasteiger partial charge on any atom is -0.309 e. The molecule has 8 aromatic carbocycles. The van der Waals surface area contributed by atoms with Gasteiger partial charge in [0.1, 0.15) is 0 Å². The van der Waals surface area contributed by atoms with Crippen molar-refractivity contribution in [1.82, 2.24) is 9.13 Å². The highest BCUT2D eigenvalue weighted by Gasteiger charge is 2.15. The fourth-order valence-corrected chi connectivity index (χ4v) is 8.11. The lowest BCUT2D eigenvalue weighted by atomic mass is 10.00. The number of nitrogens with zero attached hydrogens (tertiary/aromatic N) is 2. The van der Waals surface area contributed by atoms with Crippen LogP contribution in [0.4, 0.5) is 0 Å². The van der Waals surface area contributed by atoms with Gasteiger partial charge >= 0.3 is 0 Å². The summed E-state index contributed by atoms with van der Waals surface area (Å²) in [5.74, 6) is 0. The zero-order valence-electron chi connectivity index (χ0n) is 30.4. The first-order valence-corrected chi connectivity index (χ1v) is 18.7. The average Bonchev–Trinajstić information content (AvgIpc) is 3.72. The number of hydrogen-bond acceptors (Lipinski definition) is 0. The summed E-state index contributed by atoms with van der Waals surface area (Å²) in [6.45, 7) is 4.34. The predicted octanol–water partition coefficient (Wildman–Crippen LogP) is 14.0. The quantitative estimate of drug-likeness (QED) is 0.154. The van der Waals surface area contributed by atoms with Gasteiger partial charge in [-0.15, -0.1) is 0 Å². The molecule has 0 N–H and O–H groups in total. The Morgan fingerprint density at radius 1 is 0.315 bits per heavy atom. The van der Waals surface area contributed by atoms with Crippen molar-refractivity contribution in [1.29, 1.82) is 0 Å². The molecule has 0 fully saturated rings. The molecule has 0 saturated heterocycles. The van der Waals surface area contributed by atoms with Crippen LogP contribution in [-0.2, 0) is 0 Å². The van der Waals surface area contributed by atoms with Gasteiger partial charge in [-0.2, -0.15) is 0 Å². The number of aromatic nitrogens is 2. The first-order chi connectivity index (χ1) is 26.6. The Morgan fingerprint density at radius 3 is 1.04 bits per heavy atom. The fraction of sp³-hybridized carbons (Fsp3) is 0.0385. The van der Waals surface area contributed by atoms with Crippen LogP contribution >= 0.6 is 0 Å². The van der Waals surface area contributed by atoms with Crippen LogP contribution in [0.5, 0.6) is 0 Å². The number of para-hydroxylation sites is 2. The molecule has 2 heterocycles. The standard InChI is InChI=1S/C52H38N2/c1-35-13-27-49-45(31-35)47-33-41(25-29-51(47)53(49)43-9-5-3-6-10-43)39-21-17-37(18-22-39)15-16-38-19-23-40(24-20-38)42-26-30-52-48(34-42)46-32-36(2)14-28-50(46)54(52)44-11-7-4-8-12-44/h3-34H,1-2H3. The summed E-state index contributed by atoms with van der Waals surface area (Å²) in [6.07, 6.45) is 4.40. The normalized spacial score (nSPS) is 11.8. The fourth-order valence-electron chi connectivity index (χ4n) is 8.11. The van der Waals surface area contributed by atoms with Crippen LogP contribution in [0.15, 0.2) is 182 Å². The van der Waals surface area contributed by atoms with Crippen LogP contribution in [0.1, 0.15) is 22.3 Å². The SMILES string of the molecule is Cc1ccc2c(c1)c1cc(-c3ccc(C=Cc4ccc(-c5ccc6c(c5)c5cc(C)ccc5n6-c5ccccc5)cc4)cc3)ccc1n2-c1ccccc1. The zero-order valence-corrected chi connectivity index (χ0v) is 30.4. The van der Waals surface area contributed by atoms with E-state index in [0.717, 1.165) is 0 Å². The number of fused-ring (bicyclic) bond motifs is 6. The highest BCUT2D eigenvalue weighted by molar-refractivity contribution is 6.12. The maximum Gasteiger partial charge on any atom is 0.0541 e. The second-order valence-electron chi connectivity index (χ2n) is 14.4. The molecule has 0 aliphatic carbocycles. The van der Waals surface area contributed by atoms with Gasteiger partial charge in [0.05, 0.1) is 22.1 Å². The van der Waals surface area contributed by atoms with E-state index < -0.39 is 0 Å². The number of benzene rings is 8. The highest BCUT2D eigenvalue weighted by atomic mass is 15.0. The summed E-state index contributed by atoms with van der Waals surface area (Å²) in [4.78, 5) is 0. The van der Waals surface area contributed by atoms with Crippen molar-refractivity contribution in [2.45, 2.75) is 13.8 Å². The van der Waals surface area contributed by atoms with Gasteiger partial charge in [-0.25, -0.2) is 0 Å². The summed E-state index contributed by atoms with van der Waals surface area (Å²) < 4.78 is 4.75. The molecule has 0 saturated carbocycles. The predicted molar refractivity (Wildman–Crippen MR) is 231 cm³/mol. The molecule has 2 nitrogen and oxygen atoms in total. The molecule has 0 bridgehead atoms. The van der Waals surface area contributed by atoms with Crippen LogP contribution in [0.25, 0.3) is 89.4 Å². The molecule has 10 aromatic rings. The van der Waals surface area contributed by atoms with E-state index in [0.29, 0.717) is 0 Å². The van der Waals surface area contributed by atoms with Gasteiger partial charge in [-0.05, 0) is 120 Å². The largest absolute Gasteiger partial charge is 0.309 e. The van der Waals surface area contributed by atoms with Gasteiger partial charge in [0, 0.05) is 32.9 Å². The van der Waals surface area contributed by atoms with Gasteiger partial charge in [-0.1, -0.05) is 132 Å². The molecule has 2 aromatic heterocycles. The van der Waals surface area contributed by atoms with E-state index in [1.807, 2.05) is 0 Å². The summed E-state index contributed by atoms with van der Waals surface area (Å²) in [5, 5.41) is 5.12. The summed E-state index contributed by atoms with van der Waals surface area (Å²) in [6, 6.07) is 66.4.